The molecule has 0 heterocycles. The van der Waals surface area contributed by atoms with Crippen molar-refractivity contribution in [2.45, 2.75) is 25.3 Å². The van der Waals surface area contributed by atoms with Gasteiger partial charge in [0.05, 0.1) is 6.07 Å². The number of hydrogen-bond donors (Lipinski definition) is 1. The zero-order chi connectivity index (χ0) is 12.1. The van der Waals surface area contributed by atoms with Crippen molar-refractivity contribution < 1.29 is 0 Å². The van der Waals surface area contributed by atoms with Crippen LogP contribution in [0, 0.1) is 17.2 Å². The maximum atomic E-state index is 9.23. The first kappa shape index (κ1) is 12.0. The van der Waals surface area contributed by atoms with Gasteiger partial charge in [0.25, 0.3) is 0 Å². The summed E-state index contributed by atoms with van der Waals surface area (Å²) in [5, 5.41) is 13.2. The number of nitrogens with one attached hydrogen (secondary N) is 1. The van der Waals surface area contributed by atoms with Crippen molar-refractivity contribution in [3.05, 3.63) is 41.4 Å². The highest BCUT2D eigenvalue weighted by Crippen LogP contribution is 2.24. The van der Waals surface area contributed by atoms with Crippen LogP contribution in [0.4, 0.5) is 5.69 Å². The highest BCUT2D eigenvalue weighted by molar-refractivity contribution is 6.30. The summed E-state index contributed by atoms with van der Waals surface area (Å²) in [4.78, 5) is 0. The second-order valence-electron chi connectivity index (χ2n) is 4.30. The predicted molar refractivity (Wildman–Crippen MR) is 71.0 cm³/mol. The molecular formula is C14H15ClN2. The van der Waals surface area contributed by atoms with E-state index in [1.165, 1.54) is 0 Å². The van der Waals surface area contributed by atoms with Crippen molar-refractivity contribution in [2.75, 3.05) is 5.32 Å². The van der Waals surface area contributed by atoms with Crippen LogP contribution in [0.15, 0.2) is 36.4 Å². The Balaban J connectivity index is 2.02. The number of allylic oxidation sites excluding steroid dienone is 2. The molecule has 0 aliphatic heterocycles. The van der Waals surface area contributed by atoms with E-state index < -0.39 is 0 Å². The van der Waals surface area contributed by atoms with E-state index in [4.69, 9.17) is 11.6 Å². The molecule has 88 valence electrons. The number of halogens is 1. The maximum absolute atomic E-state index is 9.23. The van der Waals surface area contributed by atoms with E-state index >= 15 is 0 Å². The smallest absolute Gasteiger partial charge is 0.117 e. The number of nitrogens with zero attached hydrogens (tertiary/aromatic N) is 1. The summed E-state index contributed by atoms with van der Waals surface area (Å²) in [6, 6.07) is 9.71. The summed E-state index contributed by atoms with van der Waals surface area (Å²) < 4.78 is 0. The Morgan fingerprint density at radius 2 is 2.06 bits per heavy atom. The molecule has 0 radical (unpaired) electrons. The van der Waals surface area contributed by atoms with Gasteiger partial charge in [-0.05, 0) is 49.4 Å². The fraction of sp³-hybridized carbons (Fsp3) is 0.357. The van der Waals surface area contributed by atoms with E-state index in [0.717, 1.165) is 24.9 Å². The third-order valence-electron chi connectivity index (χ3n) is 3.09. The van der Waals surface area contributed by atoms with Crippen LogP contribution < -0.4 is 5.32 Å². The quantitative estimate of drug-likeness (QED) is 0.819. The molecule has 0 aromatic heterocycles. The van der Waals surface area contributed by atoms with Gasteiger partial charge in [-0.25, -0.2) is 0 Å². The number of nitriles is 1. The molecule has 1 aromatic carbocycles. The normalized spacial score (nSPS) is 20.6. The summed E-state index contributed by atoms with van der Waals surface area (Å²) in [6.07, 6.45) is 7.49. The van der Waals surface area contributed by atoms with E-state index in [0.29, 0.717) is 10.9 Å². The molecule has 1 aromatic rings. The molecule has 0 spiro atoms. The first-order chi connectivity index (χ1) is 8.29. The van der Waals surface area contributed by atoms with Crippen molar-refractivity contribution in [3.63, 3.8) is 0 Å². The molecular weight excluding hydrogens is 232 g/mol. The van der Waals surface area contributed by atoms with Gasteiger partial charge in [-0.1, -0.05) is 23.8 Å². The van der Waals surface area contributed by atoms with Crippen LogP contribution >= 0.6 is 11.6 Å². The zero-order valence-corrected chi connectivity index (χ0v) is 10.3. The second-order valence-corrected chi connectivity index (χ2v) is 4.74. The number of rotatable bonds is 3. The Morgan fingerprint density at radius 1 is 1.29 bits per heavy atom. The Kier molecular flexibility index (Phi) is 4.06. The van der Waals surface area contributed by atoms with Crippen molar-refractivity contribution in [3.8, 4) is 6.07 Å². The van der Waals surface area contributed by atoms with E-state index in [1.807, 2.05) is 24.3 Å². The van der Waals surface area contributed by atoms with E-state index in [2.05, 4.69) is 23.5 Å². The molecule has 0 saturated heterocycles. The molecule has 1 aliphatic carbocycles. The van der Waals surface area contributed by atoms with E-state index in [1.54, 1.807) is 0 Å². The Morgan fingerprint density at radius 3 is 2.65 bits per heavy atom. The number of benzene rings is 1. The SMILES string of the molecule is N#CC(Nc1ccc(Cl)cc1)C1CC=CCC1. The minimum atomic E-state index is -0.124. The summed E-state index contributed by atoms with van der Waals surface area (Å²) in [7, 11) is 0. The molecule has 0 fully saturated rings. The van der Waals surface area contributed by atoms with Crippen LogP contribution in [-0.4, -0.2) is 6.04 Å². The van der Waals surface area contributed by atoms with Gasteiger partial charge in [-0.15, -0.1) is 0 Å². The minimum absolute atomic E-state index is 0.124. The third-order valence-corrected chi connectivity index (χ3v) is 3.34. The van der Waals surface area contributed by atoms with Crippen molar-refractivity contribution >= 4 is 17.3 Å². The molecule has 1 aliphatic rings. The van der Waals surface area contributed by atoms with Crippen LogP contribution in [0.2, 0.25) is 5.02 Å². The first-order valence-corrected chi connectivity index (χ1v) is 6.24. The van der Waals surface area contributed by atoms with Gasteiger partial charge in [0.15, 0.2) is 0 Å². The average molecular weight is 247 g/mol. The lowest BCUT2D eigenvalue weighted by atomic mass is 9.88. The minimum Gasteiger partial charge on any atom is -0.370 e. The van der Waals surface area contributed by atoms with Crippen LogP contribution in [0.1, 0.15) is 19.3 Å². The topological polar surface area (TPSA) is 35.8 Å². The van der Waals surface area contributed by atoms with E-state index in [9.17, 15) is 5.26 Å². The molecule has 0 saturated carbocycles. The molecule has 2 unspecified atom stereocenters. The summed E-state index contributed by atoms with van der Waals surface area (Å²) in [5.74, 6) is 0.403. The van der Waals surface area contributed by atoms with Gasteiger partial charge >= 0.3 is 0 Å². The monoisotopic (exact) mass is 246 g/mol. The maximum Gasteiger partial charge on any atom is 0.117 e. The van der Waals surface area contributed by atoms with Gasteiger partial charge in [0.2, 0.25) is 0 Å². The molecule has 3 heteroatoms. The lowest BCUT2D eigenvalue weighted by Crippen LogP contribution is -2.28. The zero-order valence-electron chi connectivity index (χ0n) is 9.57. The van der Waals surface area contributed by atoms with Gasteiger partial charge in [0, 0.05) is 10.7 Å². The van der Waals surface area contributed by atoms with Crippen LogP contribution in [-0.2, 0) is 0 Å². The Bertz CT molecular complexity index is 431. The molecule has 1 N–H and O–H groups in total. The Hall–Kier alpha value is -1.46. The highest BCUT2D eigenvalue weighted by Gasteiger charge is 2.21. The fourth-order valence-electron chi connectivity index (χ4n) is 2.10. The van der Waals surface area contributed by atoms with Gasteiger partial charge in [-0.3, -0.25) is 0 Å². The lowest BCUT2D eigenvalue weighted by Gasteiger charge is -2.24. The second kappa shape index (κ2) is 5.75. The van der Waals surface area contributed by atoms with Crippen molar-refractivity contribution in [2.24, 2.45) is 5.92 Å². The van der Waals surface area contributed by atoms with Crippen molar-refractivity contribution in [1.82, 2.24) is 0 Å². The highest BCUT2D eigenvalue weighted by atomic mass is 35.5. The molecule has 2 atom stereocenters. The number of hydrogen-bond acceptors (Lipinski definition) is 2. The lowest BCUT2D eigenvalue weighted by molar-refractivity contribution is 0.458. The van der Waals surface area contributed by atoms with E-state index in [-0.39, 0.29) is 6.04 Å². The van der Waals surface area contributed by atoms with Crippen molar-refractivity contribution in [1.29, 1.82) is 5.26 Å². The standard InChI is InChI=1S/C14H15ClN2/c15-12-6-8-13(9-7-12)17-14(10-16)11-4-2-1-3-5-11/h1-2,6-9,11,14,17H,3-5H2. The van der Waals surface area contributed by atoms with Crippen LogP contribution in [0.25, 0.3) is 0 Å². The summed E-state index contributed by atoms with van der Waals surface area (Å²) >= 11 is 5.83. The van der Waals surface area contributed by atoms with Crippen LogP contribution in [0.5, 0.6) is 0 Å². The van der Waals surface area contributed by atoms with Crippen LogP contribution in [0.3, 0.4) is 0 Å². The third kappa shape index (κ3) is 3.25. The molecule has 2 rings (SSSR count). The van der Waals surface area contributed by atoms with Gasteiger partial charge in [-0.2, -0.15) is 5.26 Å². The molecule has 0 bridgehead atoms. The largest absolute Gasteiger partial charge is 0.370 e. The molecule has 17 heavy (non-hydrogen) atoms. The fourth-order valence-corrected chi connectivity index (χ4v) is 2.23. The predicted octanol–water partition coefficient (Wildman–Crippen LogP) is 4.00. The summed E-state index contributed by atoms with van der Waals surface area (Å²) in [6.45, 7) is 0. The molecule has 0 amide bonds. The first-order valence-electron chi connectivity index (χ1n) is 5.86. The van der Waals surface area contributed by atoms with Gasteiger partial charge in [0.1, 0.15) is 6.04 Å². The number of anilines is 1. The molecule has 2 nitrogen and oxygen atoms in total. The van der Waals surface area contributed by atoms with Gasteiger partial charge < -0.3 is 5.32 Å². The average Bonchev–Trinajstić information content (AvgIpc) is 2.39. The Labute approximate surface area is 107 Å². The summed E-state index contributed by atoms with van der Waals surface area (Å²) in [5.41, 5.74) is 0.954.